The number of pyridine rings is 1. The number of aliphatic hydroxyl groups is 1. The van der Waals surface area contributed by atoms with Gasteiger partial charge in [-0.25, -0.2) is 0 Å². The minimum Gasteiger partial charge on any atom is -0.396 e. The van der Waals surface area contributed by atoms with Crippen LogP contribution in [0.25, 0.3) is 0 Å². The Morgan fingerprint density at radius 2 is 2.00 bits per heavy atom. The number of benzene rings is 1. The molecule has 0 aliphatic heterocycles. The lowest BCUT2D eigenvalue weighted by atomic mass is 10.0. The largest absolute Gasteiger partial charge is 0.396 e. The van der Waals surface area contributed by atoms with Crippen molar-refractivity contribution < 1.29 is 9.90 Å². The standard InChI is InChI=1S/C17H20N2O2/c1-13-5-7-15(8-6-13)17(21)19-11-14(12-20)10-16-4-2-3-9-18-16/h2-9,14,20H,10-12H2,1H3,(H,19,21). The van der Waals surface area contributed by atoms with Crippen molar-refractivity contribution >= 4 is 5.91 Å². The van der Waals surface area contributed by atoms with E-state index in [1.165, 1.54) is 0 Å². The Kier molecular flexibility index (Phi) is 5.46. The molecule has 0 saturated carbocycles. The third kappa shape index (κ3) is 4.68. The number of carbonyl (C=O) groups is 1. The Bertz CT molecular complexity index is 567. The molecule has 1 unspecified atom stereocenters. The summed E-state index contributed by atoms with van der Waals surface area (Å²) in [5, 5.41) is 12.3. The van der Waals surface area contributed by atoms with E-state index in [4.69, 9.17) is 0 Å². The number of nitrogens with one attached hydrogen (secondary N) is 1. The molecule has 0 saturated heterocycles. The highest BCUT2D eigenvalue weighted by Gasteiger charge is 2.12. The molecule has 2 N–H and O–H groups in total. The summed E-state index contributed by atoms with van der Waals surface area (Å²) in [6.07, 6.45) is 2.38. The second-order valence-corrected chi connectivity index (χ2v) is 5.15. The van der Waals surface area contributed by atoms with Crippen molar-refractivity contribution in [2.75, 3.05) is 13.2 Å². The lowest BCUT2D eigenvalue weighted by Crippen LogP contribution is -2.32. The fraction of sp³-hybridized carbons (Fsp3) is 0.294. The predicted octanol–water partition coefficient (Wildman–Crippen LogP) is 1.97. The highest BCUT2D eigenvalue weighted by atomic mass is 16.3. The number of aromatic nitrogens is 1. The van der Waals surface area contributed by atoms with E-state index >= 15 is 0 Å². The molecule has 0 spiro atoms. The molecule has 0 fully saturated rings. The van der Waals surface area contributed by atoms with Gasteiger partial charge in [0.15, 0.2) is 0 Å². The van der Waals surface area contributed by atoms with Crippen molar-refractivity contribution in [2.24, 2.45) is 5.92 Å². The first-order valence-electron chi connectivity index (χ1n) is 7.04. The van der Waals surface area contributed by atoms with Crippen molar-refractivity contribution in [2.45, 2.75) is 13.3 Å². The van der Waals surface area contributed by atoms with Crippen LogP contribution < -0.4 is 5.32 Å². The zero-order valence-corrected chi connectivity index (χ0v) is 12.1. The average Bonchev–Trinajstić information content (AvgIpc) is 2.52. The lowest BCUT2D eigenvalue weighted by Gasteiger charge is -2.14. The van der Waals surface area contributed by atoms with E-state index in [-0.39, 0.29) is 18.4 Å². The Balaban J connectivity index is 1.88. The van der Waals surface area contributed by atoms with Gasteiger partial charge in [0.25, 0.3) is 5.91 Å². The maximum atomic E-state index is 12.0. The minimum atomic E-state index is -0.116. The van der Waals surface area contributed by atoms with Crippen LogP contribution in [0.5, 0.6) is 0 Å². The van der Waals surface area contributed by atoms with Gasteiger partial charge < -0.3 is 10.4 Å². The molecule has 4 heteroatoms. The third-order valence-corrected chi connectivity index (χ3v) is 3.35. The summed E-state index contributed by atoms with van der Waals surface area (Å²) in [4.78, 5) is 16.3. The first kappa shape index (κ1) is 15.2. The fourth-order valence-electron chi connectivity index (χ4n) is 2.06. The van der Waals surface area contributed by atoms with Gasteiger partial charge in [0, 0.05) is 36.5 Å². The molecular formula is C17H20N2O2. The number of nitrogens with zero attached hydrogens (tertiary/aromatic N) is 1. The van der Waals surface area contributed by atoms with E-state index in [0.717, 1.165) is 11.3 Å². The smallest absolute Gasteiger partial charge is 0.251 e. The van der Waals surface area contributed by atoms with Crippen LogP contribution in [0.2, 0.25) is 0 Å². The van der Waals surface area contributed by atoms with Crippen molar-refractivity contribution in [1.82, 2.24) is 10.3 Å². The zero-order chi connectivity index (χ0) is 15.1. The molecule has 1 heterocycles. The number of rotatable bonds is 6. The molecule has 1 atom stereocenters. The van der Waals surface area contributed by atoms with E-state index in [9.17, 15) is 9.90 Å². The number of carbonyl (C=O) groups excluding carboxylic acids is 1. The van der Waals surface area contributed by atoms with Crippen molar-refractivity contribution in [1.29, 1.82) is 0 Å². The monoisotopic (exact) mass is 284 g/mol. The first-order valence-corrected chi connectivity index (χ1v) is 7.04. The SMILES string of the molecule is Cc1ccc(C(=O)NCC(CO)Cc2ccccn2)cc1. The van der Waals surface area contributed by atoms with Crippen LogP contribution in [-0.4, -0.2) is 29.1 Å². The molecule has 1 amide bonds. The maximum Gasteiger partial charge on any atom is 0.251 e. The summed E-state index contributed by atoms with van der Waals surface area (Å²) < 4.78 is 0. The topological polar surface area (TPSA) is 62.2 Å². The van der Waals surface area contributed by atoms with Crippen LogP contribution in [0.1, 0.15) is 21.6 Å². The van der Waals surface area contributed by atoms with E-state index in [1.54, 1.807) is 18.3 Å². The van der Waals surface area contributed by atoms with Gasteiger partial charge in [-0.3, -0.25) is 9.78 Å². The maximum absolute atomic E-state index is 12.0. The Morgan fingerprint density at radius 1 is 1.24 bits per heavy atom. The summed E-state index contributed by atoms with van der Waals surface area (Å²) >= 11 is 0. The molecular weight excluding hydrogens is 264 g/mol. The first-order chi connectivity index (χ1) is 10.2. The van der Waals surface area contributed by atoms with Gasteiger partial charge in [0.1, 0.15) is 0 Å². The van der Waals surface area contributed by atoms with Crippen LogP contribution in [0.15, 0.2) is 48.7 Å². The third-order valence-electron chi connectivity index (χ3n) is 3.35. The van der Waals surface area contributed by atoms with Crippen molar-refractivity contribution in [3.8, 4) is 0 Å². The molecule has 4 nitrogen and oxygen atoms in total. The Hall–Kier alpha value is -2.20. The van der Waals surface area contributed by atoms with Gasteiger partial charge in [-0.15, -0.1) is 0 Å². The number of hydrogen-bond acceptors (Lipinski definition) is 3. The summed E-state index contributed by atoms with van der Waals surface area (Å²) in [5.74, 6) is -0.149. The number of amides is 1. The summed E-state index contributed by atoms with van der Waals surface area (Å²) in [6, 6.07) is 13.1. The lowest BCUT2D eigenvalue weighted by molar-refractivity contribution is 0.0940. The predicted molar refractivity (Wildman–Crippen MR) is 82.0 cm³/mol. The number of aliphatic hydroxyl groups excluding tert-OH is 1. The number of aryl methyl sites for hydroxylation is 1. The summed E-state index contributed by atoms with van der Waals surface area (Å²) in [6.45, 7) is 2.43. The summed E-state index contributed by atoms with van der Waals surface area (Å²) in [5.41, 5.74) is 2.67. The molecule has 110 valence electrons. The summed E-state index contributed by atoms with van der Waals surface area (Å²) in [7, 11) is 0. The fourth-order valence-corrected chi connectivity index (χ4v) is 2.06. The zero-order valence-electron chi connectivity index (χ0n) is 12.1. The molecule has 0 aliphatic rings. The van der Waals surface area contributed by atoms with E-state index in [0.29, 0.717) is 18.5 Å². The molecule has 21 heavy (non-hydrogen) atoms. The normalized spacial score (nSPS) is 11.9. The minimum absolute atomic E-state index is 0.0186. The molecule has 0 aliphatic carbocycles. The van der Waals surface area contributed by atoms with Gasteiger partial charge in [0.2, 0.25) is 0 Å². The van der Waals surface area contributed by atoms with E-state index in [2.05, 4.69) is 10.3 Å². The van der Waals surface area contributed by atoms with Crippen LogP contribution in [-0.2, 0) is 6.42 Å². The van der Waals surface area contributed by atoms with Crippen molar-refractivity contribution in [3.63, 3.8) is 0 Å². The Morgan fingerprint density at radius 3 is 2.62 bits per heavy atom. The molecule has 1 aromatic heterocycles. The van der Waals surface area contributed by atoms with Gasteiger partial charge >= 0.3 is 0 Å². The van der Waals surface area contributed by atoms with Crippen LogP contribution in [0.3, 0.4) is 0 Å². The number of hydrogen-bond donors (Lipinski definition) is 2. The van der Waals surface area contributed by atoms with Crippen LogP contribution in [0, 0.1) is 12.8 Å². The van der Waals surface area contributed by atoms with E-state index < -0.39 is 0 Å². The second-order valence-electron chi connectivity index (χ2n) is 5.15. The molecule has 0 bridgehead atoms. The van der Waals surface area contributed by atoms with Crippen LogP contribution >= 0.6 is 0 Å². The highest BCUT2D eigenvalue weighted by molar-refractivity contribution is 5.94. The van der Waals surface area contributed by atoms with Gasteiger partial charge in [-0.2, -0.15) is 0 Å². The van der Waals surface area contributed by atoms with Gasteiger partial charge in [-0.05, 0) is 37.6 Å². The highest BCUT2D eigenvalue weighted by Crippen LogP contribution is 2.06. The quantitative estimate of drug-likeness (QED) is 0.852. The molecule has 2 rings (SSSR count). The van der Waals surface area contributed by atoms with Gasteiger partial charge in [0.05, 0.1) is 0 Å². The van der Waals surface area contributed by atoms with Crippen molar-refractivity contribution in [3.05, 3.63) is 65.5 Å². The molecule has 0 radical (unpaired) electrons. The Labute approximate surface area is 124 Å². The average molecular weight is 284 g/mol. The van der Waals surface area contributed by atoms with Gasteiger partial charge in [-0.1, -0.05) is 23.8 Å². The van der Waals surface area contributed by atoms with E-state index in [1.807, 2.05) is 37.3 Å². The van der Waals surface area contributed by atoms with Crippen LogP contribution in [0.4, 0.5) is 0 Å². The second kappa shape index (κ2) is 7.55. The molecule has 2 aromatic rings. The molecule has 1 aromatic carbocycles.